The average molecular weight is 381 g/mol. The number of hydrogen-bond donors (Lipinski definition) is 2. The van der Waals surface area contributed by atoms with Crippen LogP contribution in [0.2, 0.25) is 10.0 Å². The van der Waals surface area contributed by atoms with E-state index < -0.39 is 17.4 Å². The first-order chi connectivity index (χ1) is 11.8. The molecule has 0 aliphatic carbocycles. The van der Waals surface area contributed by atoms with Gasteiger partial charge in [0.15, 0.2) is 0 Å². The Hall–Kier alpha value is -2.44. The molecule has 6 nitrogen and oxygen atoms in total. The maximum absolute atomic E-state index is 12.6. The first-order valence-electron chi connectivity index (χ1n) is 7.28. The molecule has 25 heavy (non-hydrogen) atoms. The molecule has 1 aliphatic rings. The van der Waals surface area contributed by atoms with Crippen LogP contribution in [-0.4, -0.2) is 18.1 Å². The molecule has 130 valence electrons. The number of pyridine rings is 1. The highest BCUT2D eigenvalue weighted by Crippen LogP contribution is 2.43. The second-order valence-corrected chi connectivity index (χ2v) is 6.37. The van der Waals surface area contributed by atoms with E-state index in [0.717, 1.165) is 0 Å². The van der Waals surface area contributed by atoms with Gasteiger partial charge in [0.1, 0.15) is 11.3 Å². The number of aromatic nitrogens is 1. The van der Waals surface area contributed by atoms with E-state index in [9.17, 15) is 9.59 Å². The number of halogens is 2. The highest BCUT2D eigenvalue weighted by molar-refractivity contribution is 6.35. The largest absolute Gasteiger partial charge is 0.465 e. The Kier molecular flexibility index (Phi) is 4.49. The monoisotopic (exact) mass is 380 g/mol. The van der Waals surface area contributed by atoms with Crippen molar-refractivity contribution in [3.8, 4) is 5.75 Å². The van der Waals surface area contributed by atoms with Gasteiger partial charge in [-0.25, -0.2) is 4.79 Å². The summed E-state index contributed by atoms with van der Waals surface area (Å²) in [6.45, 7) is 1.71. The fourth-order valence-electron chi connectivity index (χ4n) is 2.86. The molecule has 1 atom stereocenters. The van der Waals surface area contributed by atoms with Crippen LogP contribution < -0.4 is 16.0 Å². The Morgan fingerprint density at radius 2 is 2.04 bits per heavy atom. The molecule has 0 bridgehead atoms. The Morgan fingerprint density at radius 3 is 2.68 bits per heavy atom. The van der Waals surface area contributed by atoms with Gasteiger partial charge in [-0.3, -0.25) is 4.79 Å². The fourth-order valence-corrected chi connectivity index (χ4v) is 3.38. The third-order valence-electron chi connectivity index (χ3n) is 3.91. The summed E-state index contributed by atoms with van der Waals surface area (Å²) in [7, 11) is 1.22. The lowest BCUT2D eigenvalue weighted by atomic mass is 9.83. The smallest absolute Gasteiger partial charge is 0.340 e. The first-order valence-corrected chi connectivity index (χ1v) is 8.03. The molecule has 1 aliphatic heterocycles. The highest BCUT2D eigenvalue weighted by atomic mass is 35.5. The van der Waals surface area contributed by atoms with E-state index in [1.807, 2.05) is 0 Å². The van der Waals surface area contributed by atoms with Gasteiger partial charge < -0.3 is 20.2 Å². The standard InChI is InChI=1S/C17H14Cl2N2O4/c1-7-5-11-13(16(22)21-7)12(9-4-3-8(18)6-10(9)19)14(15(20)25-11)17(23)24-2/h3-6,12H,20H2,1-2H3,(H,21,22)/t12-/m0/s1. The van der Waals surface area contributed by atoms with Crippen LogP contribution in [0.15, 0.2) is 40.5 Å². The second kappa shape index (κ2) is 6.46. The summed E-state index contributed by atoms with van der Waals surface area (Å²) in [5.74, 6) is -1.42. The number of hydrogen-bond acceptors (Lipinski definition) is 5. The van der Waals surface area contributed by atoms with Crippen LogP contribution >= 0.6 is 23.2 Å². The number of aromatic amines is 1. The Labute approximate surface area is 153 Å². The number of fused-ring (bicyclic) bond motifs is 1. The summed E-state index contributed by atoms with van der Waals surface area (Å²) in [4.78, 5) is 27.6. The summed E-state index contributed by atoms with van der Waals surface area (Å²) in [6, 6.07) is 6.42. The van der Waals surface area contributed by atoms with E-state index in [0.29, 0.717) is 21.3 Å². The van der Waals surface area contributed by atoms with E-state index >= 15 is 0 Å². The van der Waals surface area contributed by atoms with E-state index in [2.05, 4.69) is 4.98 Å². The molecule has 0 saturated heterocycles. The van der Waals surface area contributed by atoms with Crippen molar-refractivity contribution in [2.75, 3.05) is 7.11 Å². The molecule has 1 aromatic heterocycles. The summed E-state index contributed by atoms with van der Waals surface area (Å²) >= 11 is 12.3. The van der Waals surface area contributed by atoms with Gasteiger partial charge in [-0.2, -0.15) is 0 Å². The van der Waals surface area contributed by atoms with Crippen molar-refractivity contribution < 1.29 is 14.3 Å². The van der Waals surface area contributed by atoms with E-state index in [4.69, 9.17) is 38.4 Å². The van der Waals surface area contributed by atoms with Gasteiger partial charge in [0.2, 0.25) is 5.88 Å². The van der Waals surface area contributed by atoms with Crippen molar-refractivity contribution in [2.45, 2.75) is 12.8 Å². The number of carbonyl (C=O) groups excluding carboxylic acids is 1. The van der Waals surface area contributed by atoms with E-state index in [1.165, 1.54) is 13.2 Å². The number of esters is 1. The number of rotatable bonds is 2. The van der Waals surface area contributed by atoms with Crippen molar-refractivity contribution in [2.24, 2.45) is 5.73 Å². The van der Waals surface area contributed by atoms with Crippen molar-refractivity contribution >= 4 is 29.2 Å². The minimum Gasteiger partial charge on any atom is -0.465 e. The van der Waals surface area contributed by atoms with Crippen LogP contribution in [0.5, 0.6) is 5.75 Å². The zero-order valence-electron chi connectivity index (χ0n) is 13.4. The third kappa shape index (κ3) is 2.99. The lowest BCUT2D eigenvalue weighted by Gasteiger charge is -2.28. The van der Waals surface area contributed by atoms with Gasteiger partial charge >= 0.3 is 5.97 Å². The van der Waals surface area contributed by atoms with Crippen LogP contribution in [0.3, 0.4) is 0 Å². The van der Waals surface area contributed by atoms with Crippen LogP contribution in [0, 0.1) is 6.92 Å². The van der Waals surface area contributed by atoms with Gasteiger partial charge in [-0.15, -0.1) is 0 Å². The molecule has 0 amide bonds. The zero-order chi connectivity index (χ0) is 18.3. The predicted octanol–water partition coefficient (Wildman–Crippen LogP) is 2.86. The van der Waals surface area contributed by atoms with Gasteiger partial charge in [-0.1, -0.05) is 29.3 Å². The molecule has 0 fully saturated rings. The number of H-pyrrole nitrogens is 1. The van der Waals surface area contributed by atoms with Gasteiger partial charge in [0.05, 0.1) is 18.6 Å². The Balaban J connectivity index is 2.34. The van der Waals surface area contributed by atoms with Crippen molar-refractivity contribution in [1.29, 1.82) is 0 Å². The van der Waals surface area contributed by atoms with Crippen molar-refractivity contribution in [1.82, 2.24) is 4.98 Å². The van der Waals surface area contributed by atoms with Crippen molar-refractivity contribution in [3.05, 3.63) is 72.9 Å². The number of nitrogens with two attached hydrogens (primary N) is 1. The molecule has 0 radical (unpaired) electrons. The molecule has 3 N–H and O–H groups in total. The van der Waals surface area contributed by atoms with E-state index in [-0.39, 0.29) is 22.8 Å². The molecule has 8 heteroatoms. The summed E-state index contributed by atoms with van der Waals surface area (Å²) in [6.07, 6.45) is 0. The number of ether oxygens (including phenoxy) is 2. The van der Waals surface area contributed by atoms with Gasteiger partial charge in [0.25, 0.3) is 5.56 Å². The van der Waals surface area contributed by atoms with Crippen LogP contribution in [0.25, 0.3) is 0 Å². The van der Waals surface area contributed by atoms with Gasteiger partial charge in [0, 0.05) is 21.8 Å². The maximum atomic E-state index is 12.6. The molecule has 0 unspecified atom stereocenters. The number of nitrogens with one attached hydrogen (secondary N) is 1. The number of aryl methyl sites for hydroxylation is 1. The molecular weight excluding hydrogens is 367 g/mol. The Morgan fingerprint density at radius 1 is 1.32 bits per heavy atom. The summed E-state index contributed by atoms with van der Waals surface area (Å²) in [5.41, 5.74) is 6.87. The van der Waals surface area contributed by atoms with Crippen LogP contribution in [0.1, 0.15) is 22.7 Å². The Bertz CT molecular complexity index is 966. The first kappa shape index (κ1) is 17.4. The number of benzene rings is 1. The summed E-state index contributed by atoms with van der Waals surface area (Å²) < 4.78 is 10.3. The molecule has 3 rings (SSSR count). The van der Waals surface area contributed by atoms with Gasteiger partial charge in [-0.05, 0) is 24.6 Å². The van der Waals surface area contributed by atoms with Crippen molar-refractivity contribution in [3.63, 3.8) is 0 Å². The molecule has 0 spiro atoms. The zero-order valence-corrected chi connectivity index (χ0v) is 14.9. The average Bonchev–Trinajstić information content (AvgIpc) is 2.52. The molecule has 2 aromatic rings. The molecule has 2 heterocycles. The second-order valence-electron chi connectivity index (χ2n) is 5.53. The third-order valence-corrected chi connectivity index (χ3v) is 4.47. The molecule has 0 saturated carbocycles. The normalized spacial score (nSPS) is 16.2. The SMILES string of the molecule is COC(=O)C1=C(N)Oc2cc(C)[nH]c(=O)c2[C@@H]1c1ccc(Cl)cc1Cl. The lowest BCUT2D eigenvalue weighted by molar-refractivity contribution is -0.136. The topological polar surface area (TPSA) is 94.4 Å². The lowest BCUT2D eigenvalue weighted by Crippen LogP contribution is -2.31. The minimum absolute atomic E-state index is 0.00794. The maximum Gasteiger partial charge on any atom is 0.340 e. The molecule has 1 aromatic carbocycles. The molecular formula is C17H14Cl2N2O4. The number of carbonyl (C=O) groups is 1. The fraction of sp³-hybridized carbons (Fsp3) is 0.176. The predicted molar refractivity (Wildman–Crippen MR) is 94.0 cm³/mol. The quantitative estimate of drug-likeness (QED) is 0.781. The summed E-state index contributed by atoms with van der Waals surface area (Å²) in [5, 5.41) is 0.718. The number of methoxy groups -OCH3 is 1. The van der Waals surface area contributed by atoms with Crippen LogP contribution in [-0.2, 0) is 9.53 Å². The minimum atomic E-state index is -0.842. The highest BCUT2D eigenvalue weighted by Gasteiger charge is 2.38. The van der Waals surface area contributed by atoms with Crippen LogP contribution in [0.4, 0.5) is 0 Å². The van der Waals surface area contributed by atoms with E-state index in [1.54, 1.807) is 25.1 Å².